The summed E-state index contributed by atoms with van der Waals surface area (Å²) in [5, 5.41) is 3.15. The largest absolute Gasteiger partial charge is 0.468 e. The van der Waals surface area contributed by atoms with Gasteiger partial charge in [0.25, 0.3) is 0 Å². The molecular weight excluding hydrogens is 274 g/mol. The molecule has 0 unspecified atom stereocenters. The quantitative estimate of drug-likeness (QED) is 0.541. The molecule has 0 amide bonds. The Bertz CT molecular complexity index is 372. The highest BCUT2D eigenvalue weighted by Gasteiger charge is 2.12. The van der Waals surface area contributed by atoms with E-state index in [1.807, 2.05) is 19.2 Å². The van der Waals surface area contributed by atoms with Gasteiger partial charge in [-0.3, -0.25) is 0 Å². The van der Waals surface area contributed by atoms with Crippen molar-refractivity contribution in [1.29, 1.82) is 0 Å². The van der Waals surface area contributed by atoms with Crippen molar-refractivity contribution in [2.45, 2.75) is 52.4 Å². The minimum Gasteiger partial charge on any atom is -0.468 e. The monoisotopic (exact) mass is 307 g/mol. The van der Waals surface area contributed by atoms with Gasteiger partial charge in [-0.25, -0.2) is 0 Å². The van der Waals surface area contributed by atoms with E-state index in [0.29, 0.717) is 6.79 Å². The van der Waals surface area contributed by atoms with Gasteiger partial charge < -0.3 is 14.8 Å². The number of likely N-dealkylation sites (N-methyl/N-ethyl adjacent to an activating group) is 1. The fourth-order valence-corrected chi connectivity index (χ4v) is 2.92. The number of rotatable bonds is 9. The molecule has 3 nitrogen and oxygen atoms in total. The Labute approximate surface area is 136 Å². The fourth-order valence-electron chi connectivity index (χ4n) is 2.92. The topological polar surface area (TPSA) is 30.5 Å². The van der Waals surface area contributed by atoms with Gasteiger partial charge in [-0.2, -0.15) is 0 Å². The van der Waals surface area contributed by atoms with E-state index >= 15 is 0 Å². The Hall–Kier alpha value is -1.06. The third-order valence-electron chi connectivity index (χ3n) is 4.29. The summed E-state index contributed by atoms with van der Waals surface area (Å²) in [6, 6.07) is 8.29. The molecule has 0 aromatic heterocycles. The van der Waals surface area contributed by atoms with Gasteiger partial charge in [0.05, 0.1) is 6.61 Å². The zero-order valence-corrected chi connectivity index (χ0v) is 13.3. The van der Waals surface area contributed by atoms with Crippen LogP contribution < -0.4 is 10.1 Å². The molecule has 126 valence electrons. The van der Waals surface area contributed by atoms with Crippen LogP contribution in [0.25, 0.3) is 0 Å². The van der Waals surface area contributed by atoms with Gasteiger partial charge in [0, 0.05) is 0 Å². The average molecular weight is 307 g/mol. The molecule has 0 aliphatic heterocycles. The molecule has 1 fully saturated rings. The van der Waals surface area contributed by atoms with Gasteiger partial charge >= 0.3 is 0 Å². The summed E-state index contributed by atoms with van der Waals surface area (Å²) in [6.07, 6.45) is 9.24. The SMILES string of the molecule is C.CNCCc1ccc(OCOCCC2CCCCC2)cc1. The Kier molecular flexibility index (Phi) is 9.93. The molecule has 0 bridgehead atoms. The highest BCUT2D eigenvalue weighted by Crippen LogP contribution is 2.26. The highest BCUT2D eigenvalue weighted by atomic mass is 16.7. The lowest BCUT2D eigenvalue weighted by atomic mass is 9.87. The molecule has 2 rings (SSSR count). The molecule has 1 aliphatic carbocycles. The molecule has 0 heterocycles. The van der Waals surface area contributed by atoms with E-state index in [1.165, 1.54) is 44.1 Å². The van der Waals surface area contributed by atoms with Crippen molar-refractivity contribution < 1.29 is 9.47 Å². The third-order valence-corrected chi connectivity index (χ3v) is 4.29. The molecule has 22 heavy (non-hydrogen) atoms. The summed E-state index contributed by atoms with van der Waals surface area (Å²) < 4.78 is 11.2. The first-order chi connectivity index (χ1) is 10.4. The van der Waals surface area contributed by atoms with Gasteiger partial charge in [-0.1, -0.05) is 51.7 Å². The van der Waals surface area contributed by atoms with Crippen LogP contribution in [-0.4, -0.2) is 27.0 Å². The first kappa shape index (κ1) is 19.0. The molecule has 1 aromatic rings. The minimum absolute atomic E-state index is 0. The summed E-state index contributed by atoms with van der Waals surface area (Å²) in [5.74, 6) is 1.77. The number of benzene rings is 1. The van der Waals surface area contributed by atoms with E-state index in [0.717, 1.165) is 31.2 Å². The number of hydrogen-bond acceptors (Lipinski definition) is 3. The number of nitrogens with one attached hydrogen (secondary N) is 1. The maximum atomic E-state index is 5.62. The van der Waals surface area contributed by atoms with Crippen LogP contribution in [0.5, 0.6) is 5.75 Å². The van der Waals surface area contributed by atoms with Crippen molar-refractivity contribution in [1.82, 2.24) is 5.32 Å². The lowest BCUT2D eigenvalue weighted by Crippen LogP contribution is -2.11. The van der Waals surface area contributed by atoms with E-state index < -0.39 is 0 Å². The van der Waals surface area contributed by atoms with E-state index in [9.17, 15) is 0 Å². The Morgan fingerprint density at radius 1 is 1.09 bits per heavy atom. The predicted molar refractivity (Wildman–Crippen MR) is 93.4 cm³/mol. The lowest BCUT2D eigenvalue weighted by molar-refractivity contribution is 0.00763. The molecule has 0 atom stereocenters. The second kappa shape index (κ2) is 11.5. The molecular formula is C19H33NO2. The third kappa shape index (κ3) is 7.28. The van der Waals surface area contributed by atoms with E-state index in [2.05, 4.69) is 17.4 Å². The van der Waals surface area contributed by atoms with Crippen molar-refractivity contribution in [2.24, 2.45) is 5.92 Å². The summed E-state index contributed by atoms with van der Waals surface area (Å²) >= 11 is 0. The maximum Gasteiger partial charge on any atom is 0.189 e. The summed E-state index contributed by atoms with van der Waals surface area (Å²) in [7, 11) is 1.97. The zero-order chi connectivity index (χ0) is 14.8. The summed E-state index contributed by atoms with van der Waals surface area (Å²) in [6.45, 7) is 2.19. The molecule has 1 N–H and O–H groups in total. The molecule has 1 aromatic carbocycles. The Balaban J connectivity index is 0.00000242. The molecule has 0 spiro atoms. The van der Waals surface area contributed by atoms with Gasteiger partial charge in [-0.05, 0) is 50.0 Å². The normalized spacial score (nSPS) is 15.3. The van der Waals surface area contributed by atoms with E-state index in [1.54, 1.807) is 0 Å². The van der Waals surface area contributed by atoms with E-state index in [4.69, 9.17) is 9.47 Å². The summed E-state index contributed by atoms with van der Waals surface area (Å²) in [4.78, 5) is 0. The molecule has 0 radical (unpaired) electrons. The van der Waals surface area contributed by atoms with Gasteiger partial charge in [0.15, 0.2) is 6.79 Å². The molecule has 0 saturated heterocycles. The fraction of sp³-hybridized carbons (Fsp3) is 0.684. The number of ether oxygens (including phenoxy) is 2. The predicted octanol–water partition coefficient (Wildman–Crippen LogP) is 4.41. The van der Waals surface area contributed by atoms with Crippen LogP contribution in [0.1, 0.15) is 51.5 Å². The van der Waals surface area contributed by atoms with Crippen LogP contribution in [0.4, 0.5) is 0 Å². The minimum atomic E-state index is 0. The van der Waals surface area contributed by atoms with Crippen molar-refractivity contribution in [3.8, 4) is 5.75 Å². The average Bonchev–Trinajstić information content (AvgIpc) is 2.55. The van der Waals surface area contributed by atoms with Crippen LogP contribution in [0.2, 0.25) is 0 Å². The smallest absolute Gasteiger partial charge is 0.189 e. The standard InChI is InChI=1S/C18H29NO2.CH4/c1-19-13-11-17-7-9-18(10-8-17)21-15-20-14-12-16-5-3-2-4-6-16;/h7-10,16,19H,2-6,11-15H2,1H3;1H4. The van der Waals surface area contributed by atoms with Gasteiger partial charge in [-0.15, -0.1) is 0 Å². The molecule has 1 saturated carbocycles. The Morgan fingerprint density at radius 2 is 1.82 bits per heavy atom. The summed E-state index contributed by atoms with van der Waals surface area (Å²) in [5.41, 5.74) is 1.33. The molecule has 1 aliphatic rings. The van der Waals surface area contributed by atoms with Crippen molar-refractivity contribution in [3.63, 3.8) is 0 Å². The van der Waals surface area contributed by atoms with Crippen LogP contribution in [-0.2, 0) is 11.2 Å². The zero-order valence-electron chi connectivity index (χ0n) is 13.3. The first-order valence-electron chi connectivity index (χ1n) is 8.32. The van der Waals surface area contributed by atoms with Crippen LogP contribution in [0.3, 0.4) is 0 Å². The van der Waals surface area contributed by atoms with Crippen LogP contribution in [0.15, 0.2) is 24.3 Å². The van der Waals surface area contributed by atoms with Crippen LogP contribution >= 0.6 is 0 Å². The highest BCUT2D eigenvalue weighted by molar-refractivity contribution is 5.27. The second-order valence-electron chi connectivity index (χ2n) is 5.96. The van der Waals surface area contributed by atoms with Gasteiger partial charge in [0.1, 0.15) is 5.75 Å². The second-order valence-corrected chi connectivity index (χ2v) is 5.96. The first-order valence-corrected chi connectivity index (χ1v) is 8.32. The van der Waals surface area contributed by atoms with Gasteiger partial charge in [0.2, 0.25) is 0 Å². The van der Waals surface area contributed by atoms with Crippen LogP contribution in [0, 0.1) is 5.92 Å². The van der Waals surface area contributed by atoms with E-state index in [-0.39, 0.29) is 7.43 Å². The Morgan fingerprint density at radius 3 is 2.50 bits per heavy atom. The number of hydrogen-bond donors (Lipinski definition) is 1. The van der Waals surface area contributed by atoms with Crippen molar-refractivity contribution >= 4 is 0 Å². The maximum absolute atomic E-state index is 5.62. The van der Waals surface area contributed by atoms with Crippen molar-refractivity contribution in [3.05, 3.63) is 29.8 Å². The molecule has 3 heteroatoms. The lowest BCUT2D eigenvalue weighted by Gasteiger charge is -2.21. The van der Waals surface area contributed by atoms with Crippen molar-refractivity contribution in [2.75, 3.05) is 27.0 Å².